The van der Waals surface area contributed by atoms with E-state index in [4.69, 9.17) is 14.0 Å². The molecule has 0 aliphatic carbocycles. The first-order valence-corrected chi connectivity index (χ1v) is 10.2. The highest BCUT2D eigenvalue weighted by molar-refractivity contribution is 6.48. The van der Waals surface area contributed by atoms with Gasteiger partial charge in [0.15, 0.2) is 0 Å². The predicted octanol–water partition coefficient (Wildman–Crippen LogP) is 5.69. The zero-order valence-corrected chi connectivity index (χ0v) is 17.3. The molecular formula is C23H27BO4. The van der Waals surface area contributed by atoms with Gasteiger partial charge in [-0.05, 0) is 57.6 Å². The van der Waals surface area contributed by atoms with Crippen LogP contribution >= 0.6 is 0 Å². The van der Waals surface area contributed by atoms with Crippen LogP contribution in [0.2, 0.25) is 6.82 Å². The maximum atomic E-state index is 12.8. The van der Waals surface area contributed by atoms with Gasteiger partial charge in [-0.1, -0.05) is 43.5 Å². The highest BCUT2D eigenvalue weighted by Gasteiger charge is 2.40. The quantitative estimate of drug-likeness (QED) is 0.507. The SMILES string of the molecule is CCCCCc1cc2c(c3c1C(=O)OB(C)O3)-c1cc(C)ccc1C(C)(C)O2. The summed E-state index contributed by atoms with van der Waals surface area (Å²) in [5.41, 5.74) is 5.26. The molecule has 2 aliphatic heterocycles. The maximum absolute atomic E-state index is 12.8. The topological polar surface area (TPSA) is 44.8 Å². The van der Waals surface area contributed by atoms with Crippen LogP contribution in [0.1, 0.15) is 67.1 Å². The van der Waals surface area contributed by atoms with Crippen LogP contribution in [0.5, 0.6) is 11.5 Å². The van der Waals surface area contributed by atoms with E-state index >= 15 is 0 Å². The van der Waals surface area contributed by atoms with Crippen LogP contribution in [0.4, 0.5) is 0 Å². The lowest BCUT2D eigenvalue weighted by molar-refractivity contribution is 0.0680. The number of carbonyl (C=O) groups excluding carboxylic acids is 1. The number of fused-ring (bicyclic) bond motifs is 5. The Hall–Kier alpha value is -2.43. The standard InChI is InChI=1S/C23H27BO4/c1-6-7-8-9-15-13-18-20(21-19(15)22(25)28-24(5)27-21)16-12-14(2)10-11-17(16)23(3,4)26-18/h10-13H,6-9H2,1-5H3. The van der Waals surface area contributed by atoms with Gasteiger partial charge < -0.3 is 14.0 Å². The summed E-state index contributed by atoms with van der Waals surface area (Å²) in [7, 11) is -0.613. The smallest absolute Gasteiger partial charge is 0.525 e. The van der Waals surface area contributed by atoms with Crippen LogP contribution in [0.25, 0.3) is 11.1 Å². The average molecular weight is 378 g/mol. The molecule has 146 valence electrons. The zero-order valence-electron chi connectivity index (χ0n) is 17.3. The summed E-state index contributed by atoms with van der Waals surface area (Å²) in [5.74, 6) is 1.09. The van der Waals surface area contributed by atoms with Crippen molar-refractivity contribution >= 4 is 13.1 Å². The summed E-state index contributed by atoms with van der Waals surface area (Å²) in [5, 5.41) is 0. The normalized spacial score (nSPS) is 16.3. The molecule has 0 saturated carbocycles. The Balaban J connectivity index is 1.97. The van der Waals surface area contributed by atoms with E-state index in [1.165, 1.54) is 0 Å². The molecule has 2 aliphatic rings. The number of aryl methyl sites for hydroxylation is 2. The van der Waals surface area contributed by atoms with E-state index in [0.717, 1.165) is 59.3 Å². The Kier molecular flexibility index (Phi) is 4.64. The van der Waals surface area contributed by atoms with Crippen molar-refractivity contribution in [2.45, 2.75) is 65.8 Å². The first-order valence-electron chi connectivity index (χ1n) is 10.2. The number of hydrogen-bond donors (Lipinski definition) is 0. The lowest BCUT2D eigenvalue weighted by Gasteiger charge is -2.37. The highest BCUT2D eigenvalue weighted by Crippen LogP contribution is 2.52. The molecule has 2 aromatic carbocycles. The molecule has 0 fully saturated rings. The molecule has 0 saturated heterocycles. The number of carbonyl (C=O) groups is 1. The van der Waals surface area contributed by atoms with Crippen molar-refractivity contribution in [3.8, 4) is 22.6 Å². The highest BCUT2D eigenvalue weighted by atomic mass is 16.6. The molecule has 0 spiro atoms. The number of benzene rings is 2. The molecule has 4 rings (SSSR count). The van der Waals surface area contributed by atoms with E-state index in [-0.39, 0.29) is 5.97 Å². The van der Waals surface area contributed by atoms with Gasteiger partial charge in [0.1, 0.15) is 22.7 Å². The Bertz CT molecular complexity index is 948. The minimum Gasteiger partial charge on any atom is -0.525 e. The van der Waals surface area contributed by atoms with Crippen LogP contribution in [0, 0.1) is 6.92 Å². The van der Waals surface area contributed by atoms with E-state index in [0.29, 0.717) is 11.3 Å². The Morgan fingerprint density at radius 2 is 1.86 bits per heavy atom. The van der Waals surface area contributed by atoms with Gasteiger partial charge >= 0.3 is 13.1 Å². The summed E-state index contributed by atoms with van der Waals surface area (Å²) < 4.78 is 17.9. The van der Waals surface area contributed by atoms with Crippen molar-refractivity contribution in [1.29, 1.82) is 0 Å². The Morgan fingerprint density at radius 1 is 1.07 bits per heavy atom. The molecule has 0 radical (unpaired) electrons. The van der Waals surface area contributed by atoms with Gasteiger partial charge in [0.05, 0.1) is 5.56 Å². The van der Waals surface area contributed by atoms with Gasteiger partial charge in [-0.3, -0.25) is 0 Å². The molecule has 0 unspecified atom stereocenters. The van der Waals surface area contributed by atoms with E-state index in [1.54, 1.807) is 6.82 Å². The average Bonchev–Trinajstić information content (AvgIpc) is 2.60. The van der Waals surface area contributed by atoms with E-state index in [2.05, 4.69) is 45.9 Å². The lowest BCUT2D eigenvalue weighted by atomic mass is 9.81. The molecular weight excluding hydrogens is 351 g/mol. The molecule has 0 N–H and O–H groups in total. The number of unbranched alkanes of at least 4 members (excludes halogenated alkanes) is 2. The molecule has 0 bridgehead atoms. The molecule has 0 aromatic heterocycles. The van der Waals surface area contributed by atoms with Crippen molar-refractivity contribution in [1.82, 2.24) is 0 Å². The van der Waals surface area contributed by atoms with Crippen LogP contribution < -0.4 is 9.39 Å². The fourth-order valence-corrected chi connectivity index (χ4v) is 4.24. The summed E-state index contributed by atoms with van der Waals surface area (Å²) in [6.07, 6.45) is 4.07. The zero-order chi connectivity index (χ0) is 20.1. The third-order valence-electron chi connectivity index (χ3n) is 5.60. The van der Waals surface area contributed by atoms with Crippen LogP contribution in [-0.2, 0) is 16.7 Å². The summed E-state index contributed by atoms with van der Waals surface area (Å²) in [6, 6.07) is 8.39. The number of hydrogen-bond acceptors (Lipinski definition) is 4. The van der Waals surface area contributed by atoms with E-state index < -0.39 is 12.7 Å². The second-order valence-corrected chi connectivity index (χ2v) is 8.32. The Labute approximate surface area is 167 Å². The summed E-state index contributed by atoms with van der Waals surface area (Å²) in [6.45, 7) is 10.2. The van der Waals surface area contributed by atoms with Gasteiger partial charge in [-0.15, -0.1) is 0 Å². The first-order chi connectivity index (χ1) is 13.3. The van der Waals surface area contributed by atoms with Crippen molar-refractivity contribution in [3.63, 3.8) is 0 Å². The van der Waals surface area contributed by atoms with Crippen LogP contribution in [0.3, 0.4) is 0 Å². The lowest BCUT2D eigenvalue weighted by Crippen LogP contribution is -2.35. The molecule has 0 atom stereocenters. The van der Waals surface area contributed by atoms with Crippen LogP contribution in [0.15, 0.2) is 24.3 Å². The minimum absolute atomic E-state index is 0.304. The maximum Gasteiger partial charge on any atom is 0.593 e. The molecule has 4 nitrogen and oxygen atoms in total. The monoisotopic (exact) mass is 378 g/mol. The van der Waals surface area contributed by atoms with Gasteiger partial charge in [0.25, 0.3) is 0 Å². The molecule has 0 amide bonds. The van der Waals surface area contributed by atoms with Crippen molar-refractivity contribution < 1.29 is 18.8 Å². The van der Waals surface area contributed by atoms with E-state index in [1.807, 2.05) is 6.07 Å². The van der Waals surface area contributed by atoms with Crippen molar-refractivity contribution in [2.24, 2.45) is 0 Å². The predicted molar refractivity (Wildman–Crippen MR) is 111 cm³/mol. The fraction of sp³-hybridized carbons (Fsp3) is 0.435. The minimum atomic E-state index is -0.613. The third kappa shape index (κ3) is 3.07. The van der Waals surface area contributed by atoms with Crippen LogP contribution in [-0.4, -0.2) is 13.1 Å². The molecule has 2 aromatic rings. The van der Waals surface area contributed by atoms with Gasteiger partial charge in [-0.2, -0.15) is 0 Å². The van der Waals surface area contributed by atoms with E-state index in [9.17, 15) is 4.79 Å². The number of ether oxygens (including phenoxy) is 1. The fourth-order valence-electron chi connectivity index (χ4n) is 4.24. The second kappa shape index (κ2) is 6.87. The Morgan fingerprint density at radius 3 is 2.61 bits per heavy atom. The summed E-state index contributed by atoms with van der Waals surface area (Å²) >= 11 is 0. The largest absolute Gasteiger partial charge is 0.593 e. The summed E-state index contributed by atoms with van der Waals surface area (Å²) in [4.78, 5) is 12.8. The van der Waals surface area contributed by atoms with Gasteiger partial charge in [0.2, 0.25) is 0 Å². The molecule has 2 heterocycles. The van der Waals surface area contributed by atoms with Gasteiger partial charge in [-0.25, -0.2) is 4.79 Å². The molecule has 28 heavy (non-hydrogen) atoms. The van der Waals surface area contributed by atoms with Crippen molar-refractivity contribution in [3.05, 3.63) is 46.5 Å². The van der Waals surface area contributed by atoms with Gasteiger partial charge in [0, 0.05) is 5.56 Å². The first kappa shape index (κ1) is 18.9. The number of rotatable bonds is 4. The second-order valence-electron chi connectivity index (χ2n) is 8.32. The molecule has 5 heteroatoms. The van der Waals surface area contributed by atoms with Crippen molar-refractivity contribution in [2.75, 3.05) is 0 Å². The third-order valence-corrected chi connectivity index (χ3v) is 5.60.